The van der Waals surface area contributed by atoms with Gasteiger partial charge in [0.2, 0.25) is 0 Å². The number of phenolic OH excluding ortho intramolecular Hbond substituents is 1. The molecule has 0 aromatic heterocycles. The van der Waals surface area contributed by atoms with Gasteiger partial charge in [0.05, 0.1) is 0 Å². The summed E-state index contributed by atoms with van der Waals surface area (Å²) in [7, 11) is 0. The topological polar surface area (TPSA) is 70.1 Å². The van der Waals surface area contributed by atoms with Crippen molar-refractivity contribution < 1.29 is 19.4 Å². The van der Waals surface area contributed by atoms with Crippen LogP contribution < -0.4 is 0 Å². The van der Waals surface area contributed by atoms with Crippen LogP contribution in [0.15, 0.2) is 72.8 Å². The van der Waals surface area contributed by atoms with Crippen LogP contribution in [0.1, 0.15) is 27.4 Å². The van der Waals surface area contributed by atoms with Crippen molar-refractivity contribution in [3.8, 4) is 16.9 Å². The Morgan fingerprint density at radius 2 is 1.31 bits per heavy atom. The summed E-state index contributed by atoms with van der Waals surface area (Å²) in [5.41, 5.74) is 5.30. The Balaban J connectivity index is 1.19. The van der Waals surface area contributed by atoms with E-state index in [1.54, 1.807) is 21.9 Å². The van der Waals surface area contributed by atoms with Gasteiger partial charge in [0.15, 0.2) is 0 Å². The molecular formula is C26H24N2O4. The van der Waals surface area contributed by atoms with E-state index in [1.165, 1.54) is 34.4 Å². The lowest BCUT2D eigenvalue weighted by Gasteiger charge is -2.34. The lowest BCUT2D eigenvalue weighted by atomic mass is 9.98. The minimum atomic E-state index is -0.344. The van der Waals surface area contributed by atoms with Gasteiger partial charge in [0.25, 0.3) is 5.91 Å². The molecule has 3 aromatic carbocycles. The van der Waals surface area contributed by atoms with Crippen LogP contribution in [0, 0.1) is 0 Å². The van der Waals surface area contributed by atoms with Crippen molar-refractivity contribution in [2.24, 2.45) is 0 Å². The van der Waals surface area contributed by atoms with E-state index in [0.29, 0.717) is 38.3 Å². The van der Waals surface area contributed by atoms with Crippen molar-refractivity contribution in [1.82, 2.24) is 9.80 Å². The summed E-state index contributed by atoms with van der Waals surface area (Å²) >= 11 is 0. The molecule has 0 radical (unpaired) electrons. The van der Waals surface area contributed by atoms with Crippen LogP contribution in [0.4, 0.5) is 4.79 Å². The quantitative estimate of drug-likeness (QED) is 0.682. The molecule has 1 saturated heterocycles. The summed E-state index contributed by atoms with van der Waals surface area (Å²) in [4.78, 5) is 28.7. The Morgan fingerprint density at radius 3 is 1.91 bits per heavy atom. The number of benzene rings is 3. The average molecular weight is 428 g/mol. The third-order valence-corrected chi connectivity index (χ3v) is 6.28. The molecule has 2 aliphatic rings. The molecule has 162 valence electrons. The fourth-order valence-corrected chi connectivity index (χ4v) is 4.56. The predicted octanol–water partition coefficient (Wildman–Crippen LogP) is 4.10. The normalized spacial score (nSPS) is 15.2. The van der Waals surface area contributed by atoms with Crippen LogP contribution in [0.25, 0.3) is 11.1 Å². The molecule has 0 saturated carbocycles. The second-order valence-electron chi connectivity index (χ2n) is 8.13. The minimum Gasteiger partial charge on any atom is -0.508 e. The number of hydrogen-bond donors (Lipinski definition) is 1. The largest absolute Gasteiger partial charge is 0.508 e. The number of piperazine rings is 1. The van der Waals surface area contributed by atoms with Crippen molar-refractivity contribution in [3.63, 3.8) is 0 Å². The van der Waals surface area contributed by atoms with E-state index < -0.39 is 0 Å². The first-order chi connectivity index (χ1) is 15.6. The van der Waals surface area contributed by atoms with Crippen LogP contribution in [0.2, 0.25) is 0 Å². The molecule has 3 aromatic rings. The molecule has 6 nitrogen and oxygen atoms in total. The first-order valence-electron chi connectivity index (χ1n) is 10.8. The van der Waals surface area contributed by atoms with E-state index in [1.807, 2.05) is 24.3 Å². The highest BCUT2D eigenvalue weighted by Gasteiger charge is 2.31. The van der Waals surface area contributed by atoms with Gasteiger partial charge < -0.3 is 19.6 Å². The molecule has 2 amide bonds. The van der Waals surface area contributed by atoms with E-state index in [-0.39, 0.29) is 23.7 Å². The third-order valence-electron chi connectivity index (χ3n) is 6.28. The van der Waals surface area contributed by atoms with Crippen molar-refractivity contribution >= 4 is 12.0 Å². The Labute approximate surface area is 186 Å². The summed E-state index contributed by atoms with van der Waals surface area (Å²) in [5.74, 6) is 0.0579. The molecule has 1 N–H and O–H groups in total. The summed E-state index contributed by atoms with van der Waals surface area (Å²) in [6.45, 7) is 2.05. The van der Waals surface area contributed by atoms with Gasteiger partial charge in [-0.1, -0.05) is 48.5 Å². The molecule has 1 aliphatic heterocycles. The SMILES string of the molecule is O=C(OCC1c2ccccc2-c2ccccc21)N1CCN(C(=O)c2ccc(O)cc2)CC1. The fraction of sp³-hybridized carbons (Fsp3) is 0.231. The van der Waals surface area contributed by atoms with Crippen molar-refractivity contribution in [1.29, 1.82) is 0 Å². The van der Waals surface area contributed by atoms with Gasteiger partial charge in [0.1, 0.15) is 12.4 Å². The van der Waals surface area contributed by atoms with Gasteiger partial charge in [0, 0.05) is 37.7 Å². The van der Waals surface area contributed by atoms with Crippen molar-refractivity contribution in [2.75, 3.05) is 32.8 Å². The zero-order valence-electron chi connectivity index (χ0n) is 17.6. The first-order valence-corrected chi connectivity index (χ1v) is 10.8. The number of nitrogens with zero attached hydrogens (tertiary/aromatic N) is 2. The van der Waals surface area contributed by atoms with Crippen LogP contribution in [-0.4, -0.2) is 59.7 Å². The predicted molar refractivity (Wildman–Crippen MR) is 121 cm³/mol. The summed E-state index contributed by atoms with van der Waals surface area (Å²) in [5, 5.41) is 9.40. The lowest BCUT2D eigenvalue weighted by molar-refractivity contribution is 0.0554. The average Bonchev–Trinajstić information content (AvgIpc) is 3.16. The molecule has 0 unspecified atom stereocenters. The molecule has 6 heteroatoms. The zero-order chi connectivity index (χ0) is 22.1. The zero-order valence-corrected chi connectivity index (χ0v) is 17.6. The number of carbonyl (C=O) groups excluding carboxylic acids is 2. The maximum absolute atomic E-state index is 12.7. The number of rotatable bonds is 3. The van der Waals surface area contributed by atoms with E-state index in [4.69, 9.17) is 4.74 Å². The molecule has 0 bridgehead atoms. The Morgan fingerprint density at radius 1 is 0.781 bits per heavy atom. The van der Waals surface area contributed by atoms with Crippen molar-refractivity contribution in [2.45, 2.75) is 5.92 Å². The number of aromatic hydroxyl groups is 1. The fourth-order valence-electron chi connectivity index (χ4n) is 4.56. The van der Waals surface area contributed by atoms with E-state index in [2.05, 4.69) is 24.3 Å². The second-order valence-corrected chi connectivity index (χ2v) is 8.13. The van der Waals surface area contributed by atoms with Crippen LogP contribution in [-0.2, 0) is 4.74 Å². The van der Waals surface area contributed by atoms with Gasteiger partial charge in [-0.3, -0.25) is 4.79 Å². The first kappa shape index (κ1) is 20.1. The molecule has 1 heterocycles. The molecule has 0 spiro atoms. The van der Waals surface area contributed by atoms with Gasteiger partial charge in [-0.2, -0.15) is 0 Å². The Kier molecular flexibility index (Phi) is 5.27. The Bertz CT molecular complexity index is 1100. The van der Waals surface area contributed by atoms with Gasteiger partial charge in [-0.25, -0.2) is 4.79 Å². The van der Waals surface area contributed by atoms with Gasteiger partial charge in [-0.15, -0.1) is 0 Å². The molecule has 32 heavy (non-hydrogen) atoms. The number of amides is 2. The van der Waals surface area contributed by atoms with Crippen LogP contribution in [0.3, 0.4) is 0 Å². The molecule has 1 aliphatic carbocycles. The van der Waals surface area contributed by atoms with Gasteiger partial charge in [-0.05, 0) is 46.5 Å². The molecule has 0 atom stereocenters. The monoisotopic (exact) mass is 428 g/mol. The maximum Gasteiger partial charge on any atom is 0.409 e. The van der Waals surface area contributed by atoms with Crippen LogP contribution >= 0.6 is 0 Å². The number of fused-ring (bicyclic) bond motifs is 3. The summed E-state index contributed by atoms with van der Waals surface area (Å²) in [6.07, 6.45) is -0.344. The lowest BCUT2D eigenvalue weighted by Crippen LogP contribution is -2.50. The van der Waals surface area contributed by atoms with E-state index >= 15 is 0 Å². The minimum absolute atomic E-state index is 0.0312. The number of ether oxygens (including phenoxy) is 1. The van der Waals surface area contributed by atoms with E-state index in [0.717, 1.165) is 0 Å². The summed E-state index contributed by atoms with van der Waals surface area (Å²) < 4.78 is 5.73. The van der Waals surface area contributed by atoms with E-state index in [9.17, 15) is 14.7 Å². The highest BCUT2D eigenvalue weighted by atomic mass is 16.6. The second kappa shape index (κ2) is 8.38. The smallest absolute Gasteiger partial charge is 0.409 e. The number of hydrogen-bond acceptors (Lipinski definition) is 4. The third kappa shape index (κ3) is 3.68. The number of phenols is 1. The number of carbonyl (C=O) groups is 2. The highest BCUT2D eigenvalue weighted by molar-refractivity contribution is 5.94. The molecular weight excluding hydrogens is 404 g/mol. The van der Waals surface area contributed by atoms with Crippen molar-refractivity contribution in [3.05, 3.63) is 89.5 Å². The van der Waals surface area contributed by atoms with Crippen LogP contribution in [0.5, 0.6) is 5.75 Å². The maximum atomic E-state index is 12.7. The summed E-state index contributed by atoms with van der Waals surface area (Å²) in [6, 6.07) is 22.7. The molecule has 1 fully saturated rings. The Hall–Kier alpha value is -3.80. The molecule has 5 rings (SSSR count). The standard InChI is InChI=1S/C26H24N2O4/c29-19-11-9-18(10-12-19)25(30)27-13-15-28(16-14-27)26(31)32-17-24-22-7-3-1-5-20(22)21-6-2-4-8-23(21)24/h1-12,24,29H,13-17H2. The van der Waals surface area contributed by atoms with Gasteiger partial charge >= 0.3 is 6.09 Å². The highest BCUT2D eigenvalue weighted by Crippen LogP contribution is 2.44.